The first-order chi connectivity index (χ1) is 7.63. The fourth-order valence-electron chi connectivity index (χ4n) is 2.00. The molecule has 2 nitrogen and oxygen atoms in total. The molecule has 0 rings (SSSR count). The van der Waals surface area contributed by atoms with E-state index in [2.05, 4.69) is 25.7 Å². The topological polar surface area (TPSA) is 20.3 Å². The summed E-state index contributed by atoms with van der Waals surface area (Å²) in [5, 5.41) is 0. The van der Waals surface area contributed by atoms with E-state index < -0.39 is 0 Å². The van der Waals surface area contributed by atoms with Gasteiger partial charge in [-0.25, -0.2) is 0 Å². The second kappa shape index (κ2) is 9.83. The average molecular weight is 227 g/mol. The van der Waals surface area contributed by atoms with E-state index in [0.29, 0.717) is 5.78 Å². The molecule has 0 unspecified atom stereocenters. The molecule has 96 valence electrons. The highest BCUT2D eigenvalue weighted by atomic mass is 16.1. The third-order valence-electron chi connectivity index (χ3n) is 3.37. The van der Waals surface area contributed by atoms with E-state index in [1.54, 1.807) is 6.92 Å². The lowest BCUT2D eigenvalue weighted by Gasteiger charge is -2.25. The van der Waals surface area contributed by atoms with Gasteiger partial charge >= 0.3 is 0 Å². The molecule has 0 fully saturated rings. The highest BCUT2D eigenvalue weighted by Gasteiger charge is 2.09. The third-order valence-corrected chi connectivity index (χ3v) is 3.37. The van der Waals surface area contributed by atoms with Crippen molar-refractivity contribution in [3.8, 4) is 0 Å². The van der Waals surface area contributed by atoms with Crippen molar-refractivity contribution in [3.63, 3.8) is 0 Å². The molecule has 0 spiro atoms. The van der Waals surface area contributed by atoms with Crippen molar-refractivity contribution in [1.82, 2.24) is 4.90 Å². The minimum atomic E-state index is 0.322. The first-order valence-corrected chi connectivity index (χ1v) is 6.85. The van der Waals surface area contributed by atoms with Crippen LogP contribution in [0.15, 0.2) is 0 Å². The summed E-state index contributed by atoms with van der Waals surface area (Å²) in [7, 11) is 0. The lowest BCUT2D eigenvalue weighted by Crippen LogP contribution is -2.30. The van der Waals surface area contributed by atoms with Crippen LogP contribution < -0.4 is 0 Å². The standard InChI is InChI=1S/C14H29NO/c1-5-14(6-2)12-15(7-3)11-9-8-10-13(4)16/h14H,5-12H2,1-4H3. The van der Waals surface area contributed by atoms with Gasteiger partial charge in [-0.3, -0.25) is 0 Å². The van der Waals surface area contributed by atoms with Gasteiger partial charge in [0.25, 0.3) is 0 Å². The fraction of sp³-hybridized carbons (Fsp3) is 0.929. The van der Waals surface area contributed by atoms with Gasteiger partial charge < -0.3 is 9.69 Å². The minimum Gasteiger partial charge on any atom is -0.303 e. The molecule has 0 aliphatic heterocycles. The lowest BCUT2D eigenvalue weighted by atomic mass is 10.0. The summed E-state index contributed by atoms with van der Waals surface area (Å²) in [5.41, 5.74) is 0. The number of carbonyl (C=O) groups is 1. The normalized spacial score (nSPS) is 11.4. The quantitative estimate of drug-likeness (QED) is 0.532. The van der Waals surface area contributed by atoms with Crippen molar-refractivity contribution in [2.45, 2.75) is 59.8 Å². The van der Waals surface area contributed by atoms with Crippen molar-refractivity contribution in [2.75, 3.05) is 19.6 Å². The largest absolute Gasteiger partial charge is 0.303 e. The molecule has 0 radical (unpaired) electrons. The Kier molecular flexibility index (Phi) is 9.60. The summed E-state index contributed by atoms with van der Waals surface area (Å²) < 4.78 is 0. The van der Waals surface area contributed by atoms with Gasteiger partial charge in [-0.1, -0.05) is 33.6 Å². The molecule has 0 N–H and O–H groups in total. The van der Waals surface area contributed by atoms with Crippen molar-refractivity contribution < 1.29 is 4.79 Å². The number of hydrogen-bond donors (Lipinski definition) is 0. The van der Waals surface area contributed by atoms with Gasteiger partial charge in [0.05, 0.1) is 0 Å². The van der Waals surface area contributed by atoms with E-state index in [1.165, 1.54) is 19.4 Å². The Bertz CT molecular complexity index is 176. The summed E-state index contributed by atoms with van der Waals surface area (Å²) in [6.45, 7) is 12.0. The summed E-state index contributed by atoms with van der Waals surface area (Å²) >= 11 is 0. The second-order valence-corrected chi connectivity index (χ2v) is 4.73. The number of rotatable bonds is 10. The molecule has 0 heterocycles. The van der Waals surface area contributed by atoms with Crippen LogP contribution in [0.2, 0.25) is 0 Å². The Hall–Kier alpha value is -0.370. The molecule has 0 saturated carbocycles. The van der Waals surface area contributed by atoms with Crippen LogP contribution in [0.5, 0.6) is 0 Å². The maximum absolute atomic E-state index is 10.8. The molecule has 0 bridgehead atoms. The average Bonchev–Trinajstić information content (AvgIpc) is 2.28. The van der Waals surface area contributed by atoms with Crippen LogP contribution in [0, 0.1) is 5.92 Å². The molecule has 0 aromatic rings. The summed E-state index contributed by atoms with van der Waals surface area (Å²) in [6, 6.07) is 0. The molecule has 0 aromatic heterocycles. The van der Waals surface area contributed by atoms with Crippen molar-refractivity contribution in [3.05, 3.63) is 0 Å². The van der Waals surface area contributed by atoms with E-state index in [1.807, 2.05) is 0 Å². The molecule has 0 aliphatic carbocycles. The van der Waals surface area contributed by atoms with E-state index in [-0.39, 0.29) is 0 Å². The lowest BCUT2D eigenvalue weighted by molar-refractivity contribution is -0.117. The van der Waals surface area contributed by atoms with Gasteiger partial charge in [-0.15, -0.1) is 0 Å². The van der Waals surface area contributed by atoms with E-state index in [4.69, 9.17) is 0 Å². The zero-order valence-electron chi connectivity index (χ0n) is 11.6. The first kappa shape index (κ1) is 15.6. The highest BCUT2D eigenvalue weighted by molar-refractivity contribution is 5.75. The summed E-state index contributed by atoms with van der Waals surface area (Å²) in [6.07, 6.45) is 5.52. The molecule has 0 amide bonds. The molecule has 0 atom stereocenters. The van der Waals surface area contributed by atoms with E-state index in [0.717, 1.165) is 38.3 Å². The second-order valence-electron chi connectivity index (χ2n) is 4.73. The molecule has 0 saturated heterocycles. The number of carbonyl (C=O) groups excluding carboxylic acids is 1. The van der Waals surface area contributed by atoms with Crippen LogP contribution in [0.1, 0.15) is 59.8 Å². The van der Waals surface area contributed by atoms with Crippen LogP contribution >= 0.6 is 0 Å². The van der Waals surface area contributed by atoms with E-state index in [9.17, 15) is 4.79 Å². The fourth-order valence-corrected chi connectivity index (χ4v) is 2.00. The van der Waals surface area contributed by atoms with Crippen molar-refractivity contribution in [2.24, 2.45) is 5.92 Å². The molecule has 2 heteroatoms. The third kappa shape index (κ3) is 7.86. The Labute approximate surface area is 101 Å². The monoisotopic (exact) mass is 227 g/mol. The van der Waals surface area contributed by atoms with Gasteiger partial charge in [0.2, 0.25) is 0 Å². The highest BCUT2D eigenvalue weighted by Crippen LogP contribution is 2.10. The molecule has 0 aromatic carbocycles. The van der Waals surface area contributed by atoms with Gasteiger partial charge in [0, 0.05) is 13.0 Å². The maximum atomic E-state index is 10.8. The molecular weight excluding hydrogens is 198 g/mol. The number of hydrogen-bond acceptors (Lipinski definition) is 2. The first-order valence-electron chi connectivity index (χ1n) is 6.85. The number of unbranched alkanes of at least 4 members (excludes halogenated alkanes) is 1. The minimum absolute atomic E-state index is 0.322. The van der Waals surface area contributed by atoms with Crippen LogP contribution in [0.25, 0.3) is 0 Å². The number of ketones is 1. The summed E-state index contributed by atoms with van der Waals surface area (Å²) in [4.78, 5) is 13.3. The Balaban J connectivity index is 3.69. The Morgan fingerprint density at radius 2 is 1.75 bits per heavy atom. The zero-order chi connectivity index (χ0) is 12.4. The van der Waals surface area contributed by atoms with Gasteiger partial charge in [-0.2, -0.15) is 0 Å². The van der Waals surface area contributed by atoms with Crippen LogP contribution in [0.3, 0.4) is 0 Å². The number of Topliss-reactive ketones (excluding diaryl/α,β-unsaturated/α-hetero) is 1. The summed E-state index contributed by atoms with van der Waals surface area (Å²) in [5.74, 6) is 1.16. The maximum Gasteiger partial charge on any atom is 0.129 e. The Morgan fingerprint density at radius 1 is 1.12 bits per heavy atom. The molecular formula is C14H29NO. The van der Waals surface area contributed by atoms with Crippen LogP contribution in [-0.2, 0) is 4.79 Å². The van der Waals surface area contributed by atoms with Crippen LogP contribution in [0.4, 0.5) is 0 Å². The smallest absolute Gasteiger partial charge is 0.129 e. The van der Waals surface area contributed by atoms with Crippen LogP contribution in [-0.4, -0.2) is 30.3 Å². The van der Waals surface area contributed by atoms with Crippen molar-refractivity contribution >= 4 is 5.78 Å². The predicted octanol–water partition coefficient (Wildman–Crippen LogP) is 3.50. The van der Waals surface area contributed by atoms with Gasteiger partial charge in [0.15, 0.2) is 0 Å². The predicted molar refractivity (Wildman–Crippen MR) is 70.7 cm³/mol. The van der Waals surface area contributed by atoms with E-state index >= 15 is 0 Å². The van der Waals surface area contributed by atoms with Gasteiger partial charge in [0.1, 0.15) is 5.78 Å². The van der Waals surface area contributed by atoms with Crippen molar-refractivity contribution in [1.29, 1.82) is 0 Å². The molecule has 0 aliphatic rings. The number of nitrogens with zero attached hydrogens (tertiary/aromatic N) is 1. The zero-order valence-corrected chi connectivity index (χ0v) is 11.6. The Morgan fingerprint density at radius 3 is 2.19 bits per heavy atom. The SMILES string of the molecule is CCC(CC)CN(CC)CCCCC(C)=O. The van der Waals surface area contributed by atoms with Gasteiger partial charge in [-0.05, 0) is 38.8 Å². The molecule has 16 heavy (non-hydrogen) atoms.